The number of carbonyl (C=O) groups is 1. The first kappa shape index (κ1) is 18.9. The van der Waals surface area contributed by atoms with E-state index < -0.39 is 15.4 Å². The second-order valence-corrected chi connectivity index (χ2v) is 9.10. The average Bonchev–Trinajstić information content (AvgIpc) is 2.99. The molecular weight excluding hydrogens is 374 g/mol. The van der Waals surface area contributed by atoms with E-state index >= 15 is 0 Å². The van der Waals surface area contributed by atoms with Crippen LogP contribution in [0.5, 0.6) is 0 Å². The maximum Gasteiger partial charge on any atom is 0.223 e. The molecule has 2 aromatic carbocycles. The Kier molecular flexibility index (Phi) is 5.10. The molecule has 0 aliphatic carbocycles. The molecule has 1 aliphatic heterocycles. The maximum atomic E-state index is 12.0. The summed E-state index contributed by atoms with van der Waals surface area (Å²) in [5.74, 6) is -0.393. The van der Waals surface area contributed by atoms with Crippen LogP contribution in [0.1, 0.15) is 24.0 Å². The van der Waals surface area contributed by atoms with Crippen LogP contribution in [0.25, 0.3) is 0 Å². The summed E-state index contributed by atoms with van der Waals surface area (Å²) in [5, 5.41) is 14.9. The van der Waals surface area contributed by atoms with Crippen molar-refractivity contribution in [3.05, 3.63) is 64.7 Å². The minimum absolute atomic E-state index is 0.0786. The lowest BCUT2D eigenvalue weighted by Gasteiger charge is -2.31. The van der Waals surface area contributed by atoms with E-state index in [1.54, 1.807) is 36.4 Å². The molecule has 7 heteroatoms. The zero-order valence-electron chi connectivity index (χ0n) is 14.3. The Balaban J connectivity index is 2.04. The zero-order valence-corrected chi connectivity index (χ0v) is 15.8. The molecule has 5 nitrogen and oxygen atoms in total. The minimum Gasteiger partial charge on any atom is -0.380 e. The lowest BCUT2D eigenvalue weighted by molar-refractivity contribution is -0.124. The third kappa shape index (κ3) is 3.77. The van der Waals surface area contributed by atoms with Crippen LogP contribution < -0.4 is 5.32 Å². The average molecular weight is 394 g/mol. The van der Waals surface area contributed by atoms with Crippen LogP contribution in [0.2, 0.25) is 5.02 Å². The van der Waals surface area contributed by atoms with Gasteiger partial charge in [0.25, 0.3) is 0 Å². The van der Waals surface area contributed by atoms with E-state index in [0.717, 1.165) is 6.26 Å². The Morgan fingerprint density at radius 1 is 1.12 bits per heavy atom. The van der Waals surface area contributed by atoms with E-state index in [1.165, 1.54) is 12.1 Å². The normalized spacial score (nSPS) is 19.8. The number of halogens is 1. The Morgan fingerprint density at radius 3 is 2.12 bits per heavy atom. The topological polar surface area (TPSA) is 83.5 Å². The van der Waals surface area contributed by atoms with Gasteiger partial charge in [-0.2, -0.15) is 0 Å². The first-order chi connectivity index (χ1) is 12.2. The highest BCUT2D eigenvalue weighted by atomic mass is 35.5. The second kappa shape index (κ2) is 7.02. The fourth-order valence-electron chi connectivity index (χ4n) is 3.30. The molecule has 0 aromatic heterocycles. The quantitative estimate of drug-likeness (QED) is 0.817. The summed E-state index contributed by atoms with van der Waals surface area (Å²) < 4.78 is 23.4. The van der Waals surface area contributed by atoms with Gasteiger partial charge in [0.2, 0.25) is 5.91 Å². The maximum absolute atomic E-state index is 12.0. The highest BCUT2D eigenvalue weighted by Crippen LogP contribution is 2.38. The number of hydrogen-bond donors (Lipinski definition) is 2. The molecule has 3 rings (SSSR count). The molecule has 1 saturated heterocycles. The van der Waals surface area contributed by atoms with E-state index in [2.05, 4.69) is 5.32 Å². The van der Waals surface area contributed by atoms with Crippen molar-refractivity contribution in [1.29, 1.82) is 0 Å². The molecule has 2 N–H and O–H groups in total. The fraction of sp³-hybridized carbons (Fsp3) is 0.316. The van der Waals surface area contributed by atoms with Gasteiger partial charge in [0.05, 0.1) is 4.90 Å². The van der Waals surface area contributed by atoms with Gasteiger partial charge in [0.15, 0.2) is 9.84 Å². The number of rotatable bonds is 5. The predicted molar refractivity (Wildman–Crippen MR) is 99.7 cm³/mol. The van der Waals surface area contributed by atoms with Crippen molar-refractivity contribution >= 4 is 27.3 Å². The van der Waals surface area contributed by atoms with Crippen molar-refractivity contribution in [1.82, 2.24) is 5.32 Å². The van der Waals surface area contributed by atoms with Crippen molar-refractivity contribution in [3.8, 4) is 0 Å². The van der Waals surface area contributed by atoms with E-state index in [-0.39, 0.29) is 23.1 Å². The van der Waals surface area contributed by atoms with Gasteiger partial charge in [0, 0.05) is 23.7 Å². The smallest absolute Gasteiger partial charge is 0.223 e. The summed E-state index contributed by atoms with van der Waals surface area (Å²) in [5.41, 5.74) is -0.284. The first-order valence-corrected chi connectivity index (χ1v) is 10.5. The molecule has 2 atom stereocenters. The van der Waals surface area contributed by atoms with Gasteiger partial charge >= 0.3 is 0 Å². The van der Waals surface area contributed by atoms with Crippen molar-refractivity contribution in [2.24, 2.45) is 5.92 Å². The summed E-state index contributed by atoms with van der Waals surface area (Å²) in [6.07, 6.45) is 1.99. The van der Waals surface area contributed by atoms with Crippen LogP contribution in [0.15, 0.2) is 53.4 Å². The van der Waals surface area contributed by atoms with Crippen LogP contribution in [0, 0.1) is 5.92 Å². The van der Waals surface area contributed by atoms with Crippen molar-refractivity contribution in [2.45, 2.75) is 23.3 Å². The number of aliphatic hydroxyl groups is 1. The summed E-state index contributed by atoms with van der Waals surface area (Å²) in [7, 11) is -3.33. The SMILES string of the molecule is CS(=O)(=O)c1ccc(C(O)(CC2CCNC2=O)c2ccc(Cl)cc2)cc1. The number of carbonyl (C=O) groups excluding carboxylic acids is 1. The molecule has 26 heavy (non-hydrogen) atoms. The van der Waals surface area contributed by atoms with Crippen molar-refractivity contribution < 1.29 is 18.3 Å². The van der Waals surface area contributed by atoms with Gasteiger partial charge in [-0.1, -0.05) is 35.9 Å². The Hall–Kier alpha value is -1.89. The lowest BCUT2D eigenvalue weighted by atomic mass is 9.79. The van der Waals surface area contributed by atoms with Crippen molar-refractivity contribution in [3.63, 3.8) is 0 Å². The molecule has 138 valence electrons. The van der Waals surface area contributed by atoms with E-state index in [1.807, 2.05) is 0 Å². The van der Waals surface area contributed by atoms with E-state index in [9.17, 15) is 18.3 Å². The molecular formula is C19H20ClNO4S. The predicted octanol–water partition coefficient (Wildman–Crippen LogP) is 2.51. The van der Waals surface area contributed by atoms with E-state index in [0.29, 0.717) is 29.1 Å². The van der Waals surface area contributed by atoms with Crippen LogP contribution in [-0.2, 0) is 20.2 Å². The van der Waals surface area contributed by atoms with Gasteiger partial charge in [-0.05, 0) is 48.2 Å². The molecule has 1 aliphatic rings. The summed E-state index contributed by atoms with van der Waals surface area (Å²) in [6.45, 7) is 0.590. The third-order valence-electron chi connectivity index (χ3n) is 4.79. The largest absolute Gasteiger partial charge is 0.380 e. The lowest BCUT2D eigenvalue weighted by Crippen LogP contribution is -2.33. The summed E-state index contributed by atoms with van der Waals surface area (Å²) in [6, 6.07) is 12.9. The molecule has 1 fully saturated rings. The highest BCUT2D eigenvalue weighted by Gasteiger charge is 2.38. The number of nitrogens with one attached hydrogen (secondary N) is 1. The molecule has 2 aromatic rings. The van der Waals surface area contributed by atoms with Crippen LogP contribution in [0.4, 0.5) is 0 Å². The third-order valence-corrected chi connectivity index (χ3v) is 6.17. The molecule has 1 amide bonds. The number of hydrogen-bond acceptors (Lipinski definition) is 4. The number of benzene rings is 2. The molecule has 0 radical (unpaired) electrons. The first-order valence-electron chi connectivity index (χ1n) is 8.27. The zero-order chi connectivity index (χ0) is 18.9. The summed E-state index contributed by atoms with van der Waals surface area (Å²) >= 11 is 5.96. The van der Waals surface area contributed by atoms with Gasteiger partial charge in [-0.25, -0.2) is 8.42 Å². The monoisotopic (exact) mass is 393 g/mol. The minimum atomic E-state index is -3.33. The highest BCUT2D eigenvalue weighted by molar-refractivity contribution is 7.90. The second-order valence-electron chi connectivity index (χ2n) is 6.64. The number of sulfone groups is 1. The van der Waals surface area contributed by atoms with Gasteiger partial charge in [-0.3, -0.25) is 4.79 Å². The molecule has 0 saturated carbocycles. The molecule has 0 bridgehead atoms. The molecule has 2 unspecified atom stereocenters. The fourth-order valence-corrected chi connectivity index (χ4v) is 4.06. The van der Waals surface area contributed by atoms with Crippen LogP contribution in [-0.4, -0.2) is 32.2 Å². The van der Waals surface area contributed by atoms with Crippen LogP contribution in [0.3, 0.4) is 0 Å². The summed E-state index contributed by atoms with van der Waals surface area (Å²) in [4.78, 5) is 12.2. The number of amides is 1. The Labute approximate surface area is 157 Å². The Bertz CT molecular complexity index is 910. The standard InChI is InChI=1S/C19H20ClNO4S/c1-26(24,25)17-8-4-15(5-9-17)19(23,12-13-10-11-21-18(13)22)14-2-6-16(20)7-3-14/h2-9,13,23H,10-12H2,1H3,(H,21,22). The van der Waals surface area contributed by atoms with Crippen LogP contribution >= 0.6 is 11.6 Å². The van der Waals surface area contributed by atoms with Gasteiger partial charge in [-0.15, -0.1) is 0 Å². The molecule has 0 spiro atoms. The molecule has 1 heterocycles. The van der Waals surface area contributed by atoms with Gasteiger partial charge in [0.1, 0.15) is 5.60 Å². The van der Waals surface area contributed by atoms with Gasteiger partial charge < -0.3 is 10.4 Å². The Morgan fingerprint density at radius 2 is 1.65 bits per heavy atom. The van der Waals surface area contributed by atoms with E-state index in [4.69, 9.17) is 11.6 Å². The van der Waals surface area contributed by atoms with Crippen molar-refractivity contribution in [2.75, 3.05) is 12.8 Å².